The predicted octanol–water partition coefficient (Wildman–Crippen LogP) is 0.439. The summed E-state index contributed by atoms with van der Waals surface area (Å²) >= 11 is 0. The van der Waals surface area contributed by atoms with Crippen LogP contribution >= 0.6 is 0 Å². The van der Waals surface area contributed by atoms with E-state index in [2.05, 4.69) is 0 Å². The first kappa shape index (κ1) is 5.73. The van der Waals surface area contributed by atoms with Gasteiger partial charge in [-0.3, -0.25) is 4.79 Å². The zero-order valence-corrected chi connectivity index (χ0v) is 4.63. The Labute approximate surface area is 52.2 Å². The number of carbonyl (C=O) groups is 1. The van der Waals surface area contributed by atoms with Crippen molar-refractivity contribution in [3.05, 3.63) is 29.9 Å². The van der Waals surface area contributed by atoms with Gasteiger partial charge >= 0.3 is 0 Å². The first-order valence-corrected chi connectivity index (χ1v) is 2.49. The molecule has 0 N–H and O–H groups in total. The van der Waals surface area contributed by atoms with Gasteiger partial charge in [0.2, 0.25) is 0 Å². The molecule has 0 amide bonds. The highest BCUT2D eigenvalue weighted by atomic mass is 16.1. The van der Waals surface area contributed by atoms with Crippen LogP contribution in [0.2, 0.25) is 0 Å². The number of carbonyl (C=O) groups excluding carboxylic acids is 2. The van der Waals surface area contributed by atoms with Crippen LogP contribution in [0.15, 0.2) is 29.9 Å². The second-order valence-corrected chi connectivity index (χ2v) is 1.60. The molecule has 0 unspecified atom stereocenters. The van der Waals surface area contributed by atoms with Gasteiger partial charge < -0.3 is 0 Å². The third-order valence-electron chi connectivity index (χ3n) is 0.997. The van der Waals surface area contributed by atoms with Gasteiger partial charge in [-0.2, -0.15) is 0 Å². The summed E-state index contributed by atoms with van der Waals surface area (Å²) in [6.45, 7) is 0. The van der Waals surface area contributed by atoms with Crippen LogP contribution < -0.4 is 0 Å². The monoisotopic (exact) mass is 120 g/mol. The topological polar surface area (TPSA) is 34.1 Å². The normalized spacial score (nSPS) is 16.0. The summed E-state index contributed by atoms with van der Waals surface area (Å²) in [5.41, 5.74) is 0.0949. The molecule has 0 atom stereocenters. The van der Waals surface area contributed by atoms with E-state index < -0.39 is 0 Å². The van der Waals surface area contributed by atoms with Crippen molar-refractivity contribution in [3.8, 4) is 0 Å². The number of rotatable bonds is 0. The van der Waals surface area contributed by atoms with Gasteiger partial charge in [-0.05, 0) is 12.2 Å². The zero-order valence-electron chi connectivity index (χ0n) is 4.63. The van der Waals surface area contributed by atoms with Crippen molar-refractivity contribution >= 4 is 11.7 Å². The van der Waals surface area contributed by atoms with Crippen LogP contribution in [0, 0.1) is 0 Å². The minimum Gasteiger partial charge on any atom is -0.288 e. The average Bonchev–Trinajstić information content (AvgIpc) is 1.89. The van der Waals surface area contributed by atoms with Crippen LogP contribution in [0.25, 0.3) is 0 Å². The van der Waals surface area contributed by atoms with E-state index in [0.29, 0.717) is 0 Å². The van der Waals surface area contributed by atoms with Crippen molar-refractivity contribution in [1.29, 1.82) is 0 Å². The number of hydrogen-bond acceptors (Lipinski definition) is 2. The quantitative estimate of drug-likeness (QED) is 0.343. The first-order chi connectivity index (χ1) is 4.34. The molecule has 1 aliphatic rings. The molecule has 44 valence electrons. The van der Waals surface area contributed by atoms with Crippen molar-refractivity contribution in [3.63, 3.8) is 0 Å². The van der Waals surface area contributed by atoms with Crippen molar-refractivity contribution in [2.75, 3.05) is 0 Å². The Balaban J connectivity index is 3.04. The van der Waals surface area contributed by atoms with E-state index in [1.807, 2.05) is 0 Å². The van der Waals surface area contributed by atoms with Crippen LogP contribution in [0.5, 0.6) is 0 Å². The first-order valence-electron chi connectivity index (χ1n) is 2.49. The molecule has 0 aromatic rings. The van der Waals surface area contributed by atoms with Gasteiger partial charge in [0, 0.05) is 0 Å². The molecule has 0 heterocycles. The lowest BCUT2D eigenvalue weighted by atomic mass is 10.1. The Hall–Kier alpha value is -1.40. The summed E-state index contributed by atoms with van der Waals surface area (Å²) in [5, 5.41) is 0. The minimum absolute atomic E-state index is 0.0949. The zero-order chi connectivity index (χ0) is 6.69. The van der Waals surface area contributed by atoms with Crippen LogP contribution in [-0.4, -0.2) is 11.7 Å². The molecule has 1 rings (SSSR count). The SMILES string of the molecule is O=C=C1C=CC=CC1=O. The van der Waals surface area contributed by atoms with Gasteiger partial charge in [0.05, 0.1) is 0 Å². The Bertz CT molecular complexity index is 240. The highest BCUT2D eigenvalue weighted by molar-refractivity contribution is 6.12. The summed E-state index contributed by atoms with van der Waals surface area (Å²) < 4.78 is 0. The van der Waals surface area contributed by atoms with Gasteiger partial charge in [-0.15, -0.1) is 0 Å². The number of hydrogen-bond donors (Lipinski definition) is 0. The maximum atomic E-state index is 10.6. The minimum atomic E-state index is -0.271. The fourth-order valence-electron chi connectivity index (χ4n) is 0.551. The molecule has 0 aromatic heterocycles. The van der Waals surface area contributed by atoms with Gasteiger partial charge in [-0.1, -0.05) is 12.2 Å². The Kier molecular flexibility index (Phi) is 1.43. The standard InChI is InChI=1S/C7H4O2/c8-5-6-3-1-2-4-7(6)9/h1-4H. The van der Waals surface area contributed by atoms with Crippen molar-refractivity contribution in [1.82, 2.24) is 0 Å². The highest BCUT2D eigenvalue weighted by Crippen LogP contribution is 2.00. The molecule has 9 heavy (non-hydrogen) atoms. The van der Waals surface area contributed by atoms with E-state index in [-0.39, 0.29) is 11.4 Å². The number of allylic oxidation sites excluding steroid dienone is 5. The van der Waals surface area contributed by atoms with Crippen molar-refractivity contribution in [2.45, 2.75) is 0 Å². The molecule has 0 aromatic carbocycles. The third kappa shape index (κ3) is 1.04. The van der Waals surface area contributed by atoms with E-state index in [1.54, 1.807) is 12.2 Å². The van der Waals surface area contributed by atoms with Crippen molar-refractivity contribution in [2.24, 2.45) is 0 Å². The van der Waals surface area contributed by atoms with Crippen molar-refractivity contribution < 1.29 is 9.59 Å². The second kappa shape index (κ2) is 2.25. The van der Waals surface area contributed by atoms with Gasteiger partial charge in [-0.25, -0.2) is 4.79 Å². The number of ketones is 1. The van der Waals surface area contributed by atoms with Crippen LogP contribution in [-0.2, 0) is 9.59 Å². The smallest absolute Gasteiger partial charge is 0.196 e. The molecule has 0 fully saturated rings. The third-order valence-corrected chi connectivity index (χ3v) is 0.997. The van der Waals surface area contributed by atoms with Gasteiger partial charge in [0.15, 0.2) is 5.78 Å². The predicted molar refractivity (Wildman–Crippen MR) is 32.5 cm³/mol. The second-order valence-electron chi connectivity index (χ2n) is 1.60. The maximum absolute atomic E-state index is 10.6. The largest absolute Gasteiger partial charge is 0.288 e. The lowest BCUT2D eigenvalue weighted by Crippen LogP contribution is -1.98. The molecule has 2 heteroatoms. The Morgan fingerprint density at radius 2 is 1.89 bits per heavy atom. The maximum Gasteiger partial charge on any atom is 0.196 e. The molecular formula is C7H4O2. The lowest BCUT2D eigenvalue weighted by molar-refractivity contribution is -0.111. The van der Waals surface area contributed by atoms with E-state index in [1.165, 1.54) is 18.1 Å². The summed E-state index contributed by atoms with van der Waals surface area (Å²) in [6, 6.07) is 0. The summed E-state index contributed by atoms with van der Waals surface area (Å²) in [4.78, 5) is 20.5. The molecule has 2 nitrogen and oxygen atoms in total. The van der Waals surface area contributed by atoms with Gasteiger partial charge in [0.1, 0.15) is 11.5 Å². The van der Waals surface area contributed by atoms with Crippen LogP contribution in [0.3, 0.4) is 0 Å². The summed E-state index contributed by atoms with van der Waals surface area (Å²) in [6.07, 6.45) is 5.99. The van der Waals surface area contributed by atoms with Gasteiger partial charge in [0.25, 0.3) is 0 Å². The molecule has 0 bridgehead atoms. The van der Waals surface area contributed by atoms with E-state index in [0.717, 1.165) is 0 Å². The molecule has 0 radical (unpaired) electrons. The Morgan fingerprint density at radius 3 is 2.33 bits per heavy atom. The van der Waals surface area contributed by atoms with E-state index in [4.69, 9.17) is 0 Å². The van der Waals surface area contributed by atoms with E-state index in [9.17, 15) is 9.59 Å². The molecule has 0 saturated heterocycles. The lowest BCUT2D eigenvalue weighted by Gasteiger charge is -1.91. The summed E-state index contributed by atoms with van der Waals surface area (Å²) in [5.74, 6) is 1.26. The van der Waals surface area contributed by atoms with E-state index >= 15 is 0 Å². The van der Waals surface area contributed by atoms with Crippen LogP contribution in [0.1, 0.15) is 0 Å². The summed E-state index contributed by atoms with van der Waals surface area (Å²) in [7, 11) is 0. The molecule has 0 saturated carbocycles. The molecule has 1 aliphatic carbocycles. The molecular weight excluding hydrogens is 116 g/mol. The average molecular weight is 120 g/mol. The highest BCUT2D eigenvalue weighted by Gasteiger charge is 2.04. The fourth-order valence-corrected chi connectivity index (χ4v) is 0.551. The molecule has 0 spiro atoms. The Morgan fingerprint density at radius 1 is 1.22 bits per heavy atom. The van der Waals surface area contributed by atoms with Crippen LogP contribution in [0.4, 0.5) is 0 Å². The molecule has 0 aliphatic heterocycles. The fraction of sp³-hybridized carbons (Fsp3) is 0.